The van der Waals surface area contributed by atoms with Crippen LogP contribution in [0, 0.1) is 17.1 Å². The molecule has 1 saturated heterocycles. The molecule has 0 unspecified atom stereocenters. The van der Waals surface area contributed by atoms with Gasteiger partial charge in [0.15, 0.2) is 0 Å². The molecule has 2 N–H and O–H groups in total. The molecule has 0 radical (unpaired) electrons. The quantitative estimate of drug-likeness (QED) is 0.425. The summed E-state index contributed by atoms with van der Waals surface area (Å²) in [5, 5.41) is 14.6. The number of nitrogens with zero attached hydrogens (tertiary/aromatic N) is 2. The van der Waals surface area contributed by atoms with E-state index in [2.05, 4.69) is 10.6 Å². The Morgan fingerprint density at radius 1 is 1.36 bits per heavy atom. The van der Waals surface area contributed by atoms with Crippen molar-refractivity contribution in [1.29, 1.82) is 5.26 Å². The summed E-state index contributed by atoms with van der Waals surface area (Å²) < 4.78 is 12.8. The molecule has 0 atom stereocenters. The Labute approximate surface area is 146 Å². The zero-order valence-corrected chi connectivity index (χ0v) is 13.9. The standard InChI is InChI=1S/C18H21FN4O2/c19-16-6-4-14(5-7-16)12-21-13-15(11-20)18(25)22-8-2-10-23-9-1-3-17(23)24/h4-7,13,21H,1-3,8-10,12H2,(H,22,25)/b15-13-. The second kappa shape index (κ2) is 9.42. The summed E-state index contributed by atoms with van der Waals surface area (Å²) in [5.74, 6) is -0.609. The van der Waals surface area contributed by atoms with Gasteiger partial charge >= 0.3 is 0 Å². The molecule has 0 saturated carbocycles. The lowest BCUT2D eigenvalue weighted by Gasteiger charge is -2.15. The van der Waals surface area contributed by atoms with Crippen LogP contribution in [0.3, 0.4) is 0 Å². The van der Waals surface area contributed by atoms with Crippen LogP contribution < -0.4 is 10.6 Å². The van der Waals surface area contributed by atoms with Gasteiger partial charge in [-0.15, -0.1) is 0 Å². The summed E-state index contributed by atoms with van der Waals surface area (Å²) in [4.78, 5) is 25.2. The molecule has 1 aliphatic heterocycles. The fourth-order valence-corrected chi connectivity index (χ4v) is 2.53. The fourth-order valence-electron chi connectivity index (χ4n) is 2.53. The van der Waals surface area contributed by atoms with Crippen LogP contribution in [0.5, 0.6) is 0 Å². The van der Waals surface area contributed by atoms with E-state index in [4.69, 9.17) is 5.26 Å². The van der Waals surface area contributed by atoms with Crippen LogP contribution in [0.15, 0.2) is 36.0 Å². The number of nitriles is 1. The van der Waals surface area contributed by atoms with Gasteiger partial charge in [0.2, 0.25) is 5.91 Å². The molecule has 1 aliphatic rings. The third-order valence-corrected chi connectivity index (χ3v) is 3.89. The topological polar surface area (TPSA) is 85.2 Å². The van der Waals surface area contributed by atoms with Gasteiger partial charge in [0.05, 0.1) is 0 Å². The van der Waals surface area contributed by atoms with E-state index >= 15 is 0 Å². The Balaban J connectivity index is 1.71. The highest BCUT2D eigenvalue weighted by Gasteiger charge is 2.19. The van der Waals surface area contributed by atoms with Gasteiger partial charge in [-0.1, -0.05) is 12.1 Å². The predicted molar refractivity (Wildman–Crippen MR) is 90.4 cm³/mol. The molecular weight excluding hydrogens is 323 g/mol. The van der Waals surface area contributed by atoms with Crippen molar-refractivity contribution in [2.24, 2.45) is 0 Å². The first-order chi connectivity index (χ1) is 12.1. The first kappa shape index (κ1) is 18.5. The summed E-state index contributed by atoms with van der Waals surface area (Å²) in [7, 11) is 0. The van der Waals surface area contributed by atoms with Crippen molar-refractivity contribution in [3.8, 4) is 6.07 Å². The summed E-state index contributed by atoms with van der Waals surface area (Å²) in [6.45, 7) is 2.19. The van der Waals surface area contributed by atoms with Gasteiger partial charge in [-0.25, -0.2) is 4.39 Å². The first-order valence-corrected chi connectivity index (χ1v) is 8.24. The predicted octanol–water partition coefficient (Wildman–Crippen LogP) is 1.45. The van der Waals surface area contributed by atoms with E-state index in [0.717, 1.165) is 18.5 Å². The van der Waals surface area contributed by atoms with Crippen molar-refractivity contribution >= 4 is 11.8 Å². The molecule has 1 aromatic rings. The lowest BCUT2D eigenvalue weighted by molar-refractivity contribution is -0.127. The zero-order chi connectivity index (χ0) is 18.1. The SMILES string of the molecule is N#C/C(=C/NCc1ccc(F)cc1)C(=O)NCCCN1CCCC1=O. The van der Waals surface area contributed by atoms with E-state index in [1.807, 2.05) is 6.07 Å². The average molecular weight is 344 g/mol. The number of hydrogen-bond acceptors (Lipinski definition) is 4. The van der Waals surface area contributed by atoms with Crippen LogP contribution in [-0.2, 0) is 16.1 Å². The number of rotatable bonds is 8. The van der Waals surface area contributed by atoms with Crippen molar-refractivity contribution in [2.75, 3.05) is 19.6 Å². The summed E-state index contributed by atoms with van der Waals surface area (Å²) in [6, 6.07) is 7.80. The Morgan fingerprint density at radius 2 is 2.12 bits per heavy atom. The Morgan fingerprint density at radius 3 is 2.76 bits per heavy atom. The van der Waals surface area contributed by atoms with E-state index in [-0.39, 0.29) is 17.3 Å². The normalized spacial score (nSPS) is 14.3. The van der Waals surface area contributed by atoms with Crippen molar-refractivity contribution in [2.45, 2.75) is 25.8 Å². The van der Waals surface area contributed by atoms with Gasteiger partial charge < -0.3 is 15.5 Å². The molecule has 1 heterocycles. The van der Waals surface area contributed by atoms with E-state index in [1.165, 1.54) is 18.3 Å². The van der Waals surface area contributed by atoms with Crippen LogP contribution >= 0.6 is 0 Å². The lowest BCUT2D eigenvalue weighted by Crippen LogP contribution is -2.31. The fraction of sp³-hybridized carbons (Fsp3) is 0.389. The minimum atomic E-state index is -0.457. The highest BCUT2D eigenvalue weighted by atomic mass is 19.1. The van der Waals surface area contributed by atoms with E-state index in [9.17, 15) is 14.0 Å². The molecule has 2 amide bonds. The minimum Gasteiger partial charge on any atom is -0.386 e. The number of halogens is 1. The van der Waals surface area contributed by atoms with Gasteiger partial charge in [0.1, 0.15) is 17.5 Å². The summed E-state index contributed by atoms with van der Waals surface area (Å²) in [5.41, 5.74) is 0.810. The maximum Gasteiger partial charge on any atom is 0.263 e. The molecular formula is C18H21FN4O2. The summed E-state index contributed by atoms with van der Waals surface area (Å²) in [6.07, 6.45) is 3.50. The Bertz CT molecular complexity index is 679. The van der Waals surface area contributed by atoms with Crippen molar-refractivity contribution in [3.05, 3.63) is 47.4 Å². The Hall–Kier alpha value is -2.88. The number of hydrogen-bond donors (Lipinski definition) is 2. The van der Waals surface area contributed by atoms with Crippen molar-refractivity contribution in [3.63, 3.8) is 0 Å². The van der Waals surface area contributed by atoms with Crippen LogP contribution in [0.25, 0.3) is 0 Å². The molecule has 1 fully saturated rings. The molecule has 2 rings (SSSR count). The van der Waals surface area contributed by atoms with Gasteiger partial charge in [0.25, 0.3) is 5.91 Å². The number of carbonyl (C=O) groups is 2. The van der Waals surface area contributed by atoms with E-state index in [0.29, 0.717) is 32.5 Å². The van der Waals surface area contributed by atoms with Crippen LogP contribution in [0.2, 0.25) is 0 Å². The van der Waals surface area contributed by atoms with Crippen LogP contribution in [0.1, 0.15) is 24.8 Å². The smallest absolute Gasteiger partial charge is 0.263 e. The van der Waals surface area contributed by atoms with Gasteiger partial charge in [0, 0.05) is 38.8 Å². The molecule has 0 bridgehead atoms. The molecule has 132 valence electrons. The first-order valence-electron chi connectivity index (χ1n) is 8.24. The van der Waals surface area contributed by atoms with Gasteiger partial charge in [-0.05, 0) is 30.5 Å². The molecule has 0 spiro atoms. The van der Waals surface area contributed by atoms with Gasteiger partial charge in [-0.3, -0.25) is 9.59 Å². The molecule has 0 aliphatic carbocycles. The molecule has 25 heavy (non-hydrogen) atoms. The zero-order valence-electron chi connectivity index (χ0n) is 13.9. The highest BCUT2D eigenvalue weighted by Crippen LogP contribution is 2.09. The second-order valence-electron chi connectivity index (χ2n) is 5.77. The molecule has 7 heteroatoms. The maximum absolute atomic E-state index is 12.8. The maximum atomic E-state index is 12.8. The van der Waals surface area contributed by atoms with Gasteiger partial charge in [-0.2, -0.15) is 5.26 Å². The van der Waals surface area contributed by atoms with E-state index in [1.54, 1.807) is 17.0 Å². The molecule has 6 nitrogen and oxygen atoms in total. The summed E-state index contributed by atoms with van der Waals surface area (Å²) >= 11 is 0. The number of nitrogens with one attached hydrogen (secondary N) is 2. The Kier molecular flexibility index (Phi) is 6.96. The number of benzene rings is 1. The lowest BCUT2D eigenvalue weighted by atomic mass is 10.2. The largest absolute Gasteiger partial charge is 0.386 e. The third kappa shape index (κ3) is 5.92. The second-order valence-corrected chi connectivity index (χ2v) is 5.77. The molecule has 1 aromatic carbocycles. The highest BCUT2D eigenvalue weighted by molar-refractivity contribution is 5.97. The van der Waals surface area contributed by atoms with Crippen LogP contribution in [-0.4, -0.2) is 36.3 Å². The third-order valence-electron chi connectivity index (χ3n) is 3.89. The van der Waals surface area contributed by atoms with E-state index < -0.39 is 5.91 Å². The monoisotopic (exact) mass is 344 g/mol. The minimum absolute atomic E-state index is 0.0284. The number of likely N-dealkylation sites (tertiary alicyclic amines) is 1. The number of amides is 2. The number of carbonyl (C=O) groups excluding carboxylic acids is 2. The average Bonchev–Trinajstić information content (AvgIpc) is 3.02. The van der Waals surface area contributed by atoms with Crippen molar-refractivity contribution < 1.29 is 14.0 Å². The van der Waals surface area contributed by atoms with Crippen molar-refractivity contribution in [1.82, 2.24) is 15.5 Å². The molecule has 0 aromatic heterocycles. The van der Waals surface area contributed by atoms with Crippen LogP contribution in [0.4, 0.5) is 4.39 Å².